The van der Waals surface area contributed by atoms with Crippen molar-refractivity contribution in [3.8, 4) is 11.6 Å². The van der Waals surface area contributed by atoms with Gasteiger partial charge in [0.05, 0.1) is 16.9 Å². The molecule has 23 heavy (non-hydrogen) atoms. The molecule has 118 valence electrons. The fraction of sp³-hybridized carbons (Fsp3) is 0. The fourth-order valence-electron chi connectivity index (χ4n) is 1.83. The second-order valence-corrected chi connectivity index (χ2v) is 6.50. The SMILES string of the molecule is O=S(=O)(Nc1ccc(-n2cncn2)nc1)c1cccc(Cl)c1O. The molecule has 0 atom stereocenters. The molecule has 0 aliphatic rings. The fourth-order valence-corrected chi connectivity index (χ4v) is 3.22. The number of phenolic OH excluding ortho intramolecular Hbond substituents is 1. The molecule has 0 spiro atoms. The van der Waals surface area contributed by atoms with Gasteiger partial charge in [0.2, 0.25) is 0 Å². The standard InChI is InChI=1S/C13H10ClN5O3S/c14-10-2-1-3-11(13(10)20)23(21,22)18-9-4-5-12(16-6-9)19-8-15-7-17-19/h1-8,18,20H. The smallest absolute Gasteiger partial charge is 0.265 e. The highest BCUT2D eigenvalue weighted by molar-refractivity contribution is 7.92. The summed E-state index contributed by atoms with van der Waals surface area (Å²) in [5.41, 5.74) is 0.230. The predicted octanol–water partition coefficient (Wildman–Crippen LogP) is 1.82. The van der Waals surface area contributed by atoms with Crippen LogP contribution in [-0.2, 0) is 10.0 Å². The lowest BCUT2D eigenvalue weighted by Crippen LogP contribution is -2.13. The minimum atomic E-state index is -3.99. The number of aromatic nitrogens is 4. The van der Waals surface area contributed by atoms with Crippen LogP contribution >= 0.6 is 11.6 Å². The summed E-state index contributed by atoms with van der Waals surface area (Å²) in [4.78, 5) is 7.57. The quantitative estimate of drug-likeness (QED) is 0.742. The summed E-state index contributed by atoms with van der Waals surface area (Å²) in [6.45, 7) is 0. The van der Waals surface area contributed by atoms with E-state index in [-0.39, 0.29) is 15.6 Å². The van der Waals surface area contributed by atoms with Gasteiger partial charge in [-0.3, -0.25) is 4.72 Å². The average molecular weight is 352 g/mol. The number of para-hydroxylation sites is 1. The molecule has 3 aromatic rings. The largest absolute Gasteiger partial charge is 0.505 e. The number of sulfonamides is 1. The lowest BCUT2D eigenvalue weighted by atomic mass is 10.3. The highest BCUT2D eigenvalue weighted by atomic mass is 35.5. The van der Waals surface area contributed by atoms with Crippen LogP contribution in [0.5, 0.6) is 5.75 Å². The second kappa shape index (κ2) is 5.86. The van der Waals surface area contributed by atoms with Gasteiger partial charge in [0.1, 0.15) is 17.6 Å². The molecular formula is C13H10ClN5O3S. The molecule has 0 aliphatic carbocycles. The Kier molecular flexibility index (Phi) is 3.89. The van der Waals surface area contributed by atoms with Crippen LogP contribution in [0, 0.1) is 0 Å². The number of nitrogens with one attached hydrogen (secondary N) is 1. The van der Waals surface area contributed by atoms with Crippen LogP contribution < -0.4 is 4.72 Å². The van der Waals surface area contributed by atoms with E-state index in [0.29, 0.717) is 5.82 Å². The summed E-state index contributed by atoms with van der Waals surface area (Å²) in [6.07, 6.45) is 4.16. The summed E-state index contributed by atoms with van der Waals surface area (Å²) < 4.78 is 28.4. The minimum Gasteiger partial charge on any atom is -0.505 e. The van der Waals surface area contributed by atoms with Gasteiger partial charge in [-0.05, 0) is 24.3 Å². The number of rotatable bonds is 4. The number of anilines is 1. The Morgan fingerprint density at radius 2 is 2.04 bits per heavy atom. The third-order valence-corrected chi connectivity index (χ3v) is 4.61. The first-order valence-corrected chi connectivity index (χ1v) is 8.15. The summed E-state index contributed by atoms with van der Waals surface area (Å²) in [5.74, 6) is -0.0232. The number of phenols is 1. The molecule has 2 aromatic heterocycles. The van der Waals surface area contributed by atoms with E-state index in [0.717, 1.165) is 0 Å². The van der Waals surface area contributed by atoms with E-state index in [4.69, 9.17) is 11.6 Å². The van der Waals surface area contributed by atoms with Crippen molar-refractivity contribution >= 4 is 27.3 Å². The molecule has 0 unspecified atom stereocenters. The molecule has 0 saturated heterocycles. The number of halogens is 1. The molecule has 2 N–H and O–H groups in total. The molecule has 0 fully saturated rings. The van der Waals surface area contributed by atoms with E-state index in [9.17, 15) is 13.5 Å². The average Bonchev–Trinajstić information content (AvgIpc) is 3.04. The van der Waals surface area contributed by atoms with Crippen molar-refractivity contribution in [3.05, 3.63) is 54.2 Å². The van der Waals surface area contributed by atoms with Crippen molar-refractivity contribution in [1.82, 2.24) is 19.7 Å². The van der Waals surface area contributed by atoms with Crippen LogP contribution in [0.4, 0.5) is 5.69 Å². The van der Waals surface area contributed by atoms with Gasteiger partial charge in [0.25, 0.3) is 10.0 Å². The highest BCUT2D eigenvalue weighted by Crippen LogP contribution is 2.31. The summed E-state index contributed by atoms with van der Waals surface area (Å²) in [5, 5.41) is 13.7. The number of pyridine rings is 1. The first-order chi connectivity index (χ1) is 11.0. The monoisotopic (exact) mass is 351 g/mol. The van der Waals surface area contributed by atoms with Crippen molar-refractivity contribution < 1.29 is 13.5 Å². The first-order valence-electron chi connectivity index (χ1n) is 6.29. The molecule has 0 saturated carbocycles. The summed E-state index contributed by atoms with van der Waals surface area (Å²) >= 11 is 5.73. The Bertz CT molecular complexity index is 927. The van der Waals surface area contributed by atoms with Crippen molar-refractivity contribution in [2.75, 3.05) is 4.72 Å². The molecule has 3 rings (SSSR count). The van der Waals surface area contributed by atoms with Gasteiger partial charge in [0, 0.05) is 0 Å². The van der Waals surface area contributed by atoms with E-state index in [2.05, 4.69) is 19.8 Å². The van der Waals surface area contributed by atoms with Crippen LogP contribution in [-0.4, -0.2) is 33.3 Å². The number of aromatic hydroxyl groups is 1. The molecular weight excluding hydrogens is 342 g/mol. The summed E-state index contributed by atoms with van der Waals surface area (Å²) in [7, 11) is -3.99. The van der Waals surface area contributed by atoms with E-state index >= 15 is 0 Å². The van der Waals surface area contributed by atoms with Crippen molar-refractivity contribution in [2.24, 2.45) is 0 Å². The van der Waals surface area contributed by atoms with Crippen LogP contribution in [0.25, 0.3) is 5.82 Å². The number of hydrogen-bond donors (Lipinski definition) is 2. The normalized spacial score (nSPS) is 11.3. The lowest BCUT2D eigenvalue weighted by Gasteiger charge is -2.10. The third kappa shape index (κ3) is 3.10. The Labute approximate surface area is 136 Å². The molecule has 0 radical (unpaired) electrons. The van der Waals surface area contributed by atoms with E-state index in [1.54, 1.807) is 6.07 Å². The van der Waals surface area contributed by atoms with Crippen molar-refractivity contribution in [2.45, 2.75) is 4.90 Å². The first kappa shape index (κ1) is 15.3. The Hall–Kier alpha value is -2.65. The predicted molar refractivity (Wildman–Crippen MR) is 83.1 cm³/mol. The van der Waals surface area contributed by atoms with Crippen LogP contribution in [0.1, 0.15) is 0 Å². The Balaban J connectivity index is 1.87. The van der Waals surface area contributed by atoms with Crippen molar-refractivity contribution in [3.63, 3.8) is 0 Å². The Morgan fingerprint density at radius 3 is 2.70 bits per heavy atom. The van der Waals surface area contributed by atoms with Crippen LogP contribution in [0.2, 0.25) is 5.02 Å². The minimum absolute atomic E-state index is 0.0486. The second-order valence-electron chi connectivity index (χ2n) is 4.44. The molecule has 1 aromatic carbocycles. The van der Waals surface area contributed by atoms with Gasteiger partial charge in [0.15, 0.2) is 11.6 Å². The zero-order chi connectivity index (χ0) is 16.4. The molecule has 0 amide bonds. The molecule has 8 nitrogen and oxygen atoms in total. The topological polar surface area (TPSA) is 110 Å². The van der Waals surface area contributed by atoms with Crippen molar-refractivity contribution in [1.29, 1.82) is 0 Å². The van der Waals surface area contributed by atoms with Gasteiger partial charge in [-0.1, -0.05) is 17.7 Å². The maximum atomic E-state index is 12.3. The van der Waals surface area contributed by atoms with Crippen LogP contribution in [0.3, 0.4) is 0 Å². The molecule has 10 heteroatoms. The van der Waals surface area contributed by atoms with Crippen LogP contribution in [0.15, 0.2) is 54.1 Å². The number of benzene rings is 1. The lowest BCUT2D eigenvalue weighted by molar-refractivity contribution is 0.459. The van der Waals surface area contributed by atoms with Gasteiger partial charge in [-0.25, -0.2) is 23.1 Å². The zero-order valence-corrected chi connectivity index (χ0v) is 13.0. The molecule has 0 aliphatic heterocycles. The van der Waals surface area contributed by atoms with Gasteiger partial charge in [-0.2, -0.15) is 5.10 Å². The zero-order valence-electron chi connectivity index (χ0n) is 11.5. The van der Waals surface area contributed by atoms with E-state index in [1.165, 1.54) is 47.8 Å². The molecule has 2 heterocycles. The maximum Gasteiger partial charge on any atom is 0.265 e. The molecule has 0 bridgehead atoms. The highest BCUT2D eigenvalue weighted by Gasteiger charge is 2.20. The number of nitrogens with zero attached hydrogens (tertiary/aromatic N) is 4. The van der Waals surface area contributed by atoms with Gasteiger partial charge < -0.3 is 5.11 Å². The van der Waals surface area contributed by atoms with E-state index < -0.39 is 15.8 Å². The van der Waals surface area contributed by atoms with Gasteiger partial charge >= 0.3 is 0 Å². The number of hydrogen-bond acceptors (Lipinski definition) is 6. The third-order valence-electron chi connectivity index (χ3n) is 2.89. The Morgan fingerprint density at radius 1 is 1.22 bits per heavy atom. The van der Waals surface area contributed by atoms with E-state index in [1.807, 2.05) is 0 Å². The van der Waals surface area contributed by atoms with Gasteiger partial charge in [-0.15, -0.1) is 0 Å². The summed E-state index contributed by atoms with van der Waals surface area (Å²) in [6, 6.07) is 7.17. The maximum absolute atomic E-state index is 12.3.